The maximum absolute atomic E-state index is 12.2. The van der Waals surface area contributed by atoms with Gasteiger partial charge in [0.05, 0.1) is 11.7 Å². The lowest BCUT2D eigenvalue weighted by molar-refractivity contribution is -0.116. The number of H-pyrrole nitrogens is 1. The van der Waals surface area contributed by atoms with E-state index in [9.17, 15) is 4.79 Å². The zero-order chi connectivity index (χ0) is 14.8. The Morgan fingerprint density at radius 2 is 2.29 bits per heavy atom. The third-order valence-corrected chi connectivity index (χ3v) is 5.56. The molecule has 2 atom stereocenters. The molecule has 0 radical (unpaired) electrons. The van der Waals surface area contributed by atoms with Gasteiger partial charge in [0.1, 0.15) is 0 Å². The molecule has 2 aliphatic rings. The fraction of sp³-hybridized carbons (Fsp3) is 0.412. The van der Waals surface area contributed by atoms with Gasteiger partial charge in [0, 0.05) is 23.3 Å². The van der Waals surface area contributed by atoms with Crippen LogP contribution in [0.2, 0.25) is 0 Å². The number of nitrogens with zero attached hydrogens (tertiary/aromatic N) is 1. The zero-order valence-corrected chi connectivity index (χ0v) is 12.4. The lowest BCUT2D eigenvalue weighted by Gasteiger charge is -2.38. The third kappa shape index (κ3) is 1.38. The van der Waals surface area contributed by atoms with Crippen LogP contribution in [0.15, 0.2) is 23.9 Å². The van der Waals surface area contributed by atoms with E-state index < -0.39 is 0 Å². The van der Waals surface area contributed by atoms with Gasteiger partial charge in [-0.1, -0.05) is 13.0 Å². The number of hydrogen-bond acceptors (Lipinski definition) is 3. The van der Waals surface area contributed by atoms with E-state index in [-0.39, 0.29) is 17.2 Å². The maximum atomic E-state index is 12.2. The molecular formula is C17H19N3O. The molecule has 0 aliphatic heterocycles. The molecule has 4 heteroatoms. The summed E-state index contributed by atoms with van der Waals surface area (Å²) in [5.41, 5.74) is 12.0. The minimum absolute atomic E-state index is 0.0585. The van der Waals surface area contributed by atoms with Crippen LogP contribution in [0.25, 0.3) is 16.5 Å². The summed E-state index contributed by atoms with van der Waals surface area (Å²) in [6.07, 6.45) is 4.28. The third-order valence-electron chi connectivity index (χ3n) is 5.56. The van der Waals surface area contributed by atoms with E-state index >= 15 is 0 Å². The Balaban J connectivity index is 2.12. The molecule has 0 unspecified atom stereocenters. The number of rotatable bonds is 1. The molecule has 3 N–H and O–H groups in total. The lowest BCUT2D eigenvalue weighted by Crippen LogP contribution is -2.34. The van der Waals surface area contributed by atoms with Gasteiger partial charge in [-0.25, -0.2) is 0 Å². The molecule has 0 saturated heterocycles. The number of hydrogen-bond donors (Lipinski definition) is 2. The second-order valence-electron chi connectivity index (χ2n) is 6.27. The van der Waals surface area contributed by atoms with E-state index in [1.54, 1.807) is 0 Å². The maximum Gasteiger partial charge on any atom is 0.158 e. The Bertz CT molecular complexity index is 801. The van der Waals surface area contributed by atoms with Gasteiger partial charge in [0.25, 0.3) is 0 Å². The van der Waals surface area contributed by atoms with E-state index in [2.05, 4.69) is 23.2 Å². The van der Waals surface area contributed by atoms with Gasteiger partial charge >= 0.3 is 0 Å². The van der Waals surface area contributed by atoms with Crippen molar-refractivity contribution in [2.75, 3.05) is 0 Å². The summed E-state index contributed by atoms with van der Waals surface area (Å²) in [5, 5.41) is 8.26. The fourth-order valence-corrected chi connectivity index (χ4v) is 4.39. The van der Waals surface area contributed by atoms with Crippen LogP contribution in [-0.2, 0) is 4.79 Å². The Hall–Kier alpha value is -1.94. The van der Waals surface area contributed by atoms with Gasteiger partial charge in [-0.05, 0) is 48.1 Å². The first-order valence-corrected chi connectivity index (χ1v) is 7.56. The number of nitrogens with two attached hydrogens (primary N) is 1. The molecule has 2 aromatic rings. The number of nitrogens with one attached hydrogen (secondary N) is 1. The van der Waals surface area contributed by atoms with E-state index in [0.717, 1.165) is 40.4 Å². The fourth-order valence-electron chi connectivity index (χ4n) is 4.39. The van der Waals surface area contributed by atoms with Crippen LogP contribution in [0, 0.1) is 5.41 Å². The first-order chi connectivity index (χ1) is 10.1. The highest BCUT2D eigenvalue weighted by molar-refractivity contribution is 6.07. The van der Waals surface area contributed by atoms with Crippen LogP contribution in [0.1, 0.15) is 50.3 Å². The molecule has 0 spiro atoms. The van der Waals surface area contributed by atoms with Crippen molar-refractivity contribution in [3.63, 3.8) is 0 Å². The number of benzene rings is 1. The predicted octanol–water partition coefficient (Wildman–Crippen LogP) is 3.11. The lowest BCUT2D eigenvalue weighted by atomic mass is 9.66. The van der Waals surface area contributed by atoms with Crippen molar-refractivity contribution in [3.05, 3.63) is 35.0 Å². The molecule has 1 aromatic heterocycles. The largest absolute Gasteiger partial charge is 0.323 e. The van der Waals surface area contributed by atoms with Crippen molar-refractivity contribution >= 4 is 22.3 Å². The second-order valence-corrected chi connectivity index (χ2v) is 6.27. The summed E-state index contributed by atoms with van der Waals surface area (Å²) in [6, 6.07) is 4.08. The van der Waals surface area contributed by atoms with Crippen molar-refractivity contribution in [1.82, 2.24) is 10.2 Å². The average Bonchev–Trinajstić information content (AvgIpc) is 3.05. The van der Waals surface area contributed by atoms with Crippen LogP contribution < -0.4 is 5.73 Å². The molecule has 0 fully saturated rings. The number of carbonyl (C=O) groups excluding carboxylic acids is 1. The molecule has 0 bridgehead atoms. The van der Waals surface area contributed by atoms with Crippen LogP contribution in [0.4, 0.5) is 0 Å². The zero-order valence-electron chi connectivity index (χ0n) is 12.4. The van der Waals surface area contributed by atoms with Gasteiger partial charge in [-0.15, -0.1) is 0 Å². The molecule has 2 aliphatic carbocycles. The van der Waals surface area contributed by atoms with Gasteiger partial charge in [-0.2, -0.15) is 5.10 Å². The molecule has 1 aromatic carbocycles. The standard InChI is InChI=1S/C17H19N3O/c1-3-17-7-6-13(21)9(2)15(17)10-4-5-12-11(8-19-20-12)14(10)16(17)18/h4-5,8,16H,3,6-7,18H2,1-2H3,(H,19,20)/t16-,17-/m1/s1. The summed E-state index contributed by atoms with van der Waals surface area (Å²) in [6.45, 7) is 4.14. The summed E-state index contributed by atoms with van der Waals surface area (Å²) in [5.74, 6) is 0.265. The monoisotopic (exact) mass is 281 g/mol. The van der Waals surface area contributed by atoms with Crippen LogP contribution in [-0.4, -0.2) is 16.0 Å². The molecular weight excluding hydrogens is 262 g/mol. The SMILES string of the molecule is CC[C@@]12CCC(=O)C(C)=C1c1ccc3[nH]ncc3c1[C@H]2N. The minimum atomic E-state index is -0.0914. The highest BCUT2D eigenvalue weighted by Gasteiger charge is 2.50. The number of fused-ring (bicyclic) bond motifs is 5. The molecule has 1 heterocycles. The Morgan fingerprint density at radius 1 is 1.48 bits per heavy atom. The molecule has 4 nitrogen and oxygen atoms in total. The van der Waals surface area contributed by atoms with Crippen LogP contribution >= 0.6 is 0 Å². The summed E-state index contributed by atoms with van der Waals surface area (Å²) in [7, 11) is 0. The van der Waals surface area contributed by atoms with E-state index in [1.165, 1.54) is 5.57 Å². The van der Waals surface area contributed by atoms with Gasteiger partial charge in [-0.3, -0.25) is 9.89 Å². The number of carbonyl (C=O) groups is 1. The van der Waals surface area contributed by atoms with E-state index in [0.29, 0.717) is 6.42 Å². The predicted molar refractivity (Wildman–Crippen MR) is 82.6 cm³/mol. The molecule has 108 valence electrons. The van der Waals surface area contributed by atoms with Crippen molar-refractivity contribution < 1.29 is 4.79 Å². The first-order valence-electron chi connectivity index (χ1n) is 7.56. The minimum Gasteiger partial charge on any atom is -0.323 e. The quantitative estimate of drug-likeness (QED) is 0.843. The summed E-state index contributed by atoms with van der Waals surface area (Å²) >= 11 is 0. The van der Waals surface area contributed by atoms with Gasteiger partial charge in [0.15, 0.2) is 5.78 Å². The van der Waals surface area contributed by atoms with Gasteiger partial charge < -0.3 is 5.73 Å². The van der Waals surface area contributed by atoms with Crippen molar-refractivity contribution in [2.45, 2.75) is 39.2 Å². The smallest absolute Gasteiger partial charge is 0.158 e. The number of allylic oxidation sites excluding steroid dienone is 1. The number of Topliss-reactive ketones (excluding diaryl/α,β-unsaturated/α-hetero) is 1. The van der Waals surface area contributed by atoms with Crippen LogP contribution in [0.3, 0.4) is 0 Å². The van der Waals surface area contributed by atoms with Crippen LogP contribution in [0.5, 0.6) is 0 Å². The molecule has 21 heavy (non-hydrogen) atoms. The summed E-state index contributed by atoms with van der Waals surface area (Å²) < 4.78 is 0. The highest BCUT2D eigenvalue weighted by Crippen LogP contribution is 2.61. The molecule has 4 rings (SSSR count). The Morgan fingerprint density at radius 3 is 3.05 bits per heavy atom. The topological polar surface area (TPSA) is 71.8 Å². The van der Waals surface area contributed by atoms with E-state index in [4.69, 9.17) is 5.73 Å². The number of aromatic amines is 1. The highest BCUT2D eigenvalue weighted by atomic mass is 16.1. The summed E-state index contributed by atoms with van der Waals surface area (Å²) in [4.78, 5) is 12.2. The average molecular weight is 281 g/mol. The van der Waals surface area contributed by atoms with Crippen molar-refractivity contribution in [3.8, 4) is 0 Å². The number of aromatic nitrogens is 2. The Kier molecular flexibility index (Phi) is 2.46. The van der Waals surface area contributed by atoms with E-state index in [1.807, 2.05) is 19.2 Å². The van der Waals surface area contributed by atoms with Crippen molar-refractivity contribution in [1.29, 1.82) is 0 Å². The van der Waals surface area contributed by atoms with Crippen molar-refractivity contribution in [2.24, 2.45) is 11.1 Å². The second kappa shape index (κ2) is 4.04. The normalized spacial score (nSPS) is 28.1. The molecule has 0 amide bonds. The number of ketones is 1. The molecule has 0 saturated carbocycles. The first kappa shape index (κ1) is 12.8. The Labute approximate surface area is 123 Å². The van der Waals surface area contributed by atoms with Gasteiger partial charge in [0.2, 0.25) is 0 Å².